The average Bonchev–Trinajstić information content (AvgIpc) is 3.07. The Kier molecular flexibility index (Phi) is 4.57. The van der Waals surface area contributed by atoms with Crippen LogP contribution in [0.3, 0.4) is 0 Å². The lowest BCUT2D eigenvalue weighted by Crippen LogP contribution is -1.99. The normalized spacial score (nSPS) is 12.4. The third kappa shape index (κ3) is 3.40. The van der Waals surface area contributed by atoms with Gasteiger partial charge >= 0.3 is 0 Å². The van der Waals surface area contributed by atoms with Crippen molar-refractivity contribution in [3.05, 3.63) is 78.0 Å². The largest absolute Gasteiger partial charge is 0.229 e. The van der Waals surface area contributed by atoms with Gasteiger partial charge in [0.25, 0.3) is 0 Å². The minimum absolute atomic E-state index is 0.294. The minimum atomic E-state index is -0.613. The quantitative estimate of drug-likeness (QED) is 0.362. The van der Waals surface area contributed by atoms with E-state index >= 15 is 0 Å². The second-order valence-electron chi connectivity index (χ2n) is 5.87. The molecule has 0 fully saturated rings. The van der Waals surface area contributed by atoms with Gasteiger partial charge in [0, 0.05) is 16.9 Å². The molecule has 0 spiro atoms. The number of halogens is 3. The molecule has 136 valence electrons. The standard InChI is InChI=1S/C19H13F3N4S/c1-11(15-7-4-13(21)8-17(15)22)27-19-16-9-25-26(18(16)23-10-24-19)14-5-2-12(20)3-6-14/h2-11H,1H3. The van der Waals surface area contributed by atoms with E-state index in [1.807, 2.05) is 6.92 Å². The monoisotopic (exact) mass is 386 g/mol. The molecule has 0 saturated heterocycles. The molecule has 2 heterocycles. The Labute approximate surface area is 157 Å². The molecule has 4 nitrogen and oxygen atoms in total. The molecule has 0 amide bonds. The van der Waals surface area contributed by atoms with E-state index in [0.29, 0.717) is 27.3 Å². The maximum absolute atomic E-state index is 14.0. The maximum Gasteiger partial charge on any atom is 0.167 e. The van der Waals surface area contributed by atoms with Crippen LogP contribution in [0.1, 0.15) is 17.7 Å². The van der Waals surface area contributed by atoms with Gasteiger partial charge in [-0.3, -0.25) is 0 Å². The van der Waals surface area contributed by atoms with Gasteiger partial charge in [-0.1, -0.05) is 17.8 Å². The highest BCUT2D eigenvalue weighted by atomic mass is 32.2. The summed E-state index contributed by atoms with van der Waals surface area (Å²) in [6.45, 7) is 1.82. The Morgan fingerprint density at radius 1 is 0.963 bits per heavy atom. The van der Waals surface area contributed by atoms with Crippen molar-refractivity contribution in [3.8, 4) is 5.69 Å². The Morgan fingerprint density at radius 3 is 2.44 bits per heavy atom. The summed E-state index contributed by atoms with van der Waals surface area (Å²) in [6.07, 6.45) is 3.02. The van der Waals surface area contributed by atoms with Gasteiger partial charge in [0.15, 0.2) is 5.65 Å². The summed E-state index contributed by atoms with van der Waals surface area (Å²) in [6, 6.07) is 9.44. The number of hydrogen-bond donors (Lipinski definition) is 0. The fraction of sp³-hybridized carbons (Fsp3) is 0.105. The number of nitrogens with zero attached hydrogens (tertiary/aromatic N) is 4. The summed E-state index contributed by atoms with van der Waals surface area (Å²) in [5, 5.41) is 5.35. The lowest BCUT2D eigenvalue weighted by molar-refractivity contribution is 0.573. The zero-order valence-electron chi connectivity index (χ0n) is 14.1. The summed E-state index contributed by atoms with van der Waals surface area (Å²) in [4.78, 5) is 8.55. The van der Waals surface area contributed by atoms with E-state index < -0.39 is 11.6 Å². The van der Waals surface area contributed by atoms with Gasteiger partial charge in [0.1, 0.15) is 28.8 Å². The fourth-order valence-electron chi connectivity index (χ4n) is 2.75. The van der Waals surface area contributed by atoms with Crippen molar-refractivity contribution in [3.63, 3.8) is 0 Å². The summed E-state index contributed by atoms with van der Waals surface area (Å²) < 4.78 is 41.9. The summed E-state index contributed by atoms with van der Waals surface area (Å²) in [7, 11) is 0. The van der Waals surface area contributed by atoms with Crippen LogP contribution in [-0.4, -0.2) is 19.7 Å². The molecule has 0 radical (unpaired) electrons. The molecule has 4 rings (SSSR count). The van der Waals surface area contributed by atoms with E-state index in [2.05, 4.69) is 15.1 Å². The number of benzene rings is 2. The number of fused-ring (bicyclic) bond motifs is 1. The van der Waals surface area contributed by atoms with Crippen molar-refractivity contribution in [2.24, 2.45) is 0 Å². The van der Waals surface area contributed by atoms with Gasteiger partial charge in [0.05, 0.1) is 17.3 Å². The molecule has 0 aliphatic heterocycles. The van der Waals surface area contributed by atoms with E-state index in [9.17, 15) is 13.2 Å². The van der Waals surface area contributed by atoms with Crippen LogP contribution in [0.15, 0.2) is 60.0 Å². The lowest BCUT2D eigenvalue weighted by Gasteiger charge is -2.12. The Balaban J connectivity index is 1.70. The van der Waals surface area contributed by atoms with Crippen LogP contribution >= 0.6 is 11.8 Å². The van der Waals surface area contributed by atoms with Gasteiger partial charge in [0.2, 0.25) is 0 Å². The lowest BCUT2D eigenvalue weighted by atomic mass is 10.1. The van der Waals surface area contributed by atoms with E-state index in [-0.39, 0.29) is 11.1 Å². The van der Waals surface area contributed by atoms with Crippen LogP contribution in [0.5, 0.6) is 0 Å². The number of hydrogen-bond acceptors (Lipinski definition) is 4. The summed E-state index contributed by atoms with van der Waals surface area (Å²) in [5.41, 5.74) is 1.61. The zero-order chi connectivity index (χ0) is 19.0. The van der Waals surface area contributed by atoms with Gasteiger partial charge in [-0.25, -0.2) is 27.8 Å². The van der Waals surface area contributed by atoms with Crippen molar-refractivity contribution < 1.29 is 13.2 Å². The fourth-order valence-corrected chi connectivity index (χ4v) is 3.78. The van der Waals surface area contributed by atoms with Gasteiger partial charge in [-0.15, -0.1) is 0 Å². The number of aromatic nitrogens is 4. The van der Waals surface area contributed by atoms with Crippen LogP contribution in [0.2, 0.25) is 0 Å². The van der Waals surface area contributed by atoms with E-state index in [1.54, 1.807) is 23.0 Å². The Morgan fingerprint density at radius 2 is 1.70 bits per heavy atom. The van der Waals surface area contributed by atoms with Crippen LogP contribution in [0.25, 0.3) is 16.7 Å². The molecule has 1 atom stereocenters. The van der Waals surface area contributed by atoms with Crippen molar-refractivity contribution in [1.29, 1.82) is 0 Å². The third-order valence-electron chi connectivity index (χ3n) is 4.09. The summed E-state index contributed by atoms with van der Waals surface area (Å²) in [5.74, 6) is -1.54. The first-order valence-corrected chi connectivity index (χ1v) is 8.97. The first-order valence-electron chi connectivity index (χ1n) is 8.09. The first kappa shape index (κ1) is 17.5. The molecule has 1 unspecified atom stereocenters. The van der Waals surface area contributed by atoms with E-state index in [1.165, 1.54) is 42.4 Å². The Bertz CT molecular complexity index is 1110. The molecular weight excluding hydrogens is 373 g/mol. The highest BCUT2D eigenvalue weighted by molar-refractivity contribution is 7.99. The third-order valence-corrected chi connectivity index (χ3v) is 5.25. The smallest absolute Gasteiger partial charge is 0.167 e. The van der Waals surface area contributed by atoms with Crippen molar-refractivity contribution in [2.45, 2.75) is 17.2 Å². The molecule has 27 heavy (non-hydrogen) atoms. The molecule has 0 saturated carbocycles. The molecule has 0 bridgehead atoms. The average molecular weight is 386 g/mol. The predicted octanol–water partition coefficient (Wildman–Crippen LogP) is 5.09. The van der Waals surface area contributed by atoms with Crippen molar-refractivity contribution >= 4 is 22.8 Å². The number of rotatable bonds is 4. The molecule has 2 aromatic heterocycles. The molecule has 2 aromatic carbocycles. The first-order chi connectivity index (χ1) is 13.0. The Hall–Kier alpha value is -2.87. The zero-order valence-corrected chi connectivity index (χ0v) is 14.9. The molecular formula is C19H13F3N4S. The van der Waals surface area contributed by atoms with E-state index in [4.69, 9.17) is 0 Å². The molecule has 4 aromatic rings. The van der Waals surface area contributed by atoms with Gasteiger partial charge in [-0.05, 0) is 37.3 Å². The van der Waals surface area contributed by atoms with Crippen LogP contribution in [0.4, 0.5) is 13.2 Å². The topological polar surface area (TPSA) is 43.6 Å². The highest BCUT2D eigenvalue weighted by Gasteiger charge is 2.17. The molecule has 0 aliphatic carbocycles. The van der Waals surface area contributed by atoms with E-state index in [0.717, 1.165) is 6.07 Å². The van der Waals surface area contributed by atoms with Crippen molar-refractivity contribution in [1.82, 2.24) is 19.7 Å². The minimum Gasteiger partial charge on any atom is -0.229 e. The second-order valence-corrected chi connectivity index (χ2v) is 7.20. The SMILES string of the molecule is CC(Sc1ncnc2c1cnn2-c1ccc(F)cc1)c1ccc(F)cc1F. The number of thioether (sulfide) groups is 1. The van der Waals surface area contributed by atoms with Crippen LogP contribution in [0, 0.1) is 17.5 Å². The van der Waals surface area contributed by atoms with Crippen LogP contribution < -0.4 is 0 Å². The molecule has 0 N–H and O–H groups in total. The highest BCUT2D eigenvalue weighted by Crippen LogP contribution is 2.38. The second kappa shape index (κ2) is 7.03. The van der Waals surface area contributed by atoms with Gasteiger partial charge in [-0.2, -0.15) is 5.10 Å². The predicted molar refractivity (Wildman–Crippen MR) is 97.2 cm³/mol. The van der Waals surface area contributed by atoms with Crippen molar-refractivity contribution in [2.75, 3.05) is 0 Å². The van der Waals surface area contributed by atoms with Crippen LogP contribution in [-0.2, 0) is 0 Å². The molecule has 8 heteroatoms. The maximum atomic E-state index is 14.0. The summed E-state index contributed by atoms with van der Waals surface area (Å²) >= 11 is 1.33. The van der Waals surface area contributed by atoms with Gasteiger partial charge < -0.3 is 0 Å². The molecule has 0 aliphatic rings.